The van der Waals surface area contributed by atoms with Gasteiger partial charge >= 0.3 is 0 Å². The molecular formula is C21H24N4O2S. The van der Waals surface area contributed by atoms with Gasteiger partial charge in [0.2, 0.25) is 10.0 Å². The van der Waals surface area contributed by atoms with E-state index >= 15 is 0 Å². The zero-order chi connectivity index (χ0) is 19.7. The fourth-order valence-corrected chi connectivity index (χ4v) is 4.91. The summed E-state index contributed by atoms with van der Waals surface area (Å²) >= 11 is 0. The predicted molar refractivity (Wildman–Crippen MR) is 110 cm³/mol. The summed E-state index contributed by atoms with van der Waals surface area (Å²) in [5, 5.41) is 4.23. The van der Waals surface area contributed by atoms with Crippen molar-refractivity contribution < 1.29 is 8.42 Å². The first kappa shape index (κ1) is 18.7. The molecule has 2 heterocycles. The Balaban J connectivity index is 1.50. The summed E-state index contributed by atoms with van der Waals surface area (Å²) in [4.78, 5) is 2.50. The number of hydrogen-bond acceptors (Lipinski definition) is 4. The van der Waals surface area contributed by atoms with E-state index in [0.717, 1.165) is 5.69 Å². The van der Waals surface area contributed by atoms with Gasteiger partial charge in [0.25, 0.3) is 0 Å². The number of piperazine rings is 1. The quantitative estimate of drug-likeness (QED) is 0.680. The van der Waals surface area contributed by atoms with Crippen molar-refractivity contribution >= 4 is 15.7 Å². The van der Waals surface area contributed by atoms with Crippen molar-refractivity contribution in [2.24, 2.45) is 0 Å². The van der Waals surface area contributed by atoms with Gasteiger partial charge in [-0.2, -0.15) is 9.40 Å². The first-order valence-corrected chi connectivity index (χ1v) is 10.8. The van der Waals surface area contributed by atoms with Crippen molar-refractivity contribution in [2.75, 3.05) is 31.1 Å². The number of hydrogen-bond donors (Lipinski definition) is 0. The van der Waals surface area contributed by atoms with Gasteiger partial charge in [-0.3, -0.25) is 0 Å². The van der Waals surface area contributed by atoms with Crippen molar-refractivity contribution in [2.45, 2.75) is 18.7 Å². The molecule has 1 fully saturated rings. The van der Waals surface area contributed by atoms with Crippen LogP contribution in [-0.2, 0) is 10.0 Å². The summed E-state index contributed by atoms with van der Waals surface area (Å²) in [7, 11) is -3.55. The highest BCUT2D eigenvalue weighted by Crippen LogP contribution is 2.25. The Labute approximate surface area is 166 Å². The molecule has 0 N–H and O–H groups in total. The molecule has 0 aliphatic carbocycles. The van der Waals surface area contributed by atoms with Crippen molar-refractivity contribution in [3.63, 3.8) is 0 Å². The fraction of sp³-hybridized carbons (Fsp3) is 0.286. The lowest BCUT2D eigenvalue weighted by Crippen LogP contribution is -2.48. The van der Waals surface area contributed by atoms with Crippen LogP contribution < -0.4 is 4.90 Å². The highest BCUT2D eigenvalue weighted by atomic mass is 32.2. The normalized spacial score (nSPS) is 15.7. The van der Waals surface area contributed by atoms with E-state index in [1.165, 1.54) is 23.0 Å². The summed E-state index contributed by atoms with van der Waals surface area (Å²) < 4.78 is 29.3. The molecule has 0 amide bonds. The summed E-state index contributed by atoms with van der Waals surface area (Å²) in [6.07, 6.45) is 3.02. The second kappa shape index (κ2) is 7.41. The Morgan fingerprint density at radius 1 is 0.893 bits per heavy atom. The van der Waals surface area contributed by atoms with Gasteiger partial charge in [-0.15, -0.1) is 0 Å². The lowest BCUT2D eigenvalue weighted by atomic mass is 10.1. The molecule has 1 saturated heterocycles. The van der Waals surface area contributed by atoms with Crippen molar-refractivity contribution in [1.29, 1.82) is 0 Å². The van der Waals surface area contributed by atoms with Crippen molar-refractivity contribution in [1.82, 2.24) is 14.1 Å². The molecular weight excluding hydrogens is 372 g/mol. The summed E-state index contributed by atoms with van der Waals surface area (Å²) in [6.45, 7) is 6.50. The van der Waals surface area contributed by atoms with E-state index < -0.39 is 10.0 Å². The number of benzene rings is 2. The topological polar surface area (TPSA) is 58.4 Å². The molecule has 3 aromatic rings. The van der Waals surface area contributed by atoms with Crippen LogP contribution in [0, 0.1) is 13.8 Å². The van der Waals surface area contributed by atoms with E-state index in [2.05, 4.69) is 42.0 Å². The Morgan fingerprint density at radius 2 is 1.61 bits per heavy atom. The minimum Gasteiger partial charge on any atom is -0.369 e. The largest absolute Gasteiger partial charge is 0.369 e. The minimum absolute atomic E-state index is 0.233. The molecule has 0 saturated carbocycles. The van der Waals surface area contributed by atoms with Crippen molar-refractivity contribution in [3.05, 3.63) is 72.1 Å². The third-order valence-corrected chi connectivity index (χ3v) is 7.22. The fourth-order valence-electron chi connectivity index (χ4n) is 3.56. The molecule has 4 rings (SSSR count). The minimum atomic E-state index is -3.55. The Morgan fingerprint density at radius 3 is 2.32 bits per heavy atom. The van der Waals surface area contributed by atoms with Crippen LogP contribution in [0.3, 0.4) is 0 Å². The molecule has 1 aliphatic heterocycles. The van der Waals surface area contributed by atoms with Gasteiger partial charge in [-0.25, -0.2) is 13.1 Å². The van der Waals surface area contributed by atoms with Gasteiger partial charge in [0.15, 0.2) is 0 Å². The molecule has 6 nitrogen and oxygen atoms in total. The predicted octanol–water partition coefficient (Wildman–Crippen LogP) is 3.00. The van der Waals surface area contributed by atoms with E-state index in [9.17, 15) is 8.42 Å². The van der Waals surface area contributed by atoms with E-state index in [0.29, 0.717) is 26.2 Å². The molecule has 2 aromatic carbocycles. The lowest BCUT2D eigenvalue weighted by Gasteiger charge is -2.36. The molecule has 0 radical (unpaired) electrons. The third kappa shape index (κ3) is 3.43. The molecule has 0 bridgehead atoms. The van der Waals surface area contributed by atoms with Crippen LogP contribution in [0.4, 0.5) is 5.69 Å². The first-order valence-electron chi connectivity index (χ1n) is 9.38. The van der Waals surface area contributed by atoms with Crippen LogP contribution in [-0.4, -0.2) is 48.7 Å². The maximum Gasteiger partial charge on any atom is 0.246 e. The number of aromatic nitrogens is 2. The van der Waals surface area contributed by atoms with Crippen LogP contribution in [0.25, 0.3) is 5.69 Å². The van der Waals surface area contributed by atoms with Gasteiger partial charge in [0.05, 0.1) is 18.1 Å². The molecule has 146 valence electrons. The standard InChI is InChI=1S/C21H24N4O2S/c1-17-7-6-10-21(18(17)2)23-11-13-24(14-12-23)28(26,27)20-15-22-25(16-20)19-8-4-3-5-9-19/h3-10,15-16H,11-14H2,1-2H3. The molecule has 1 aromatic heterocycles. The Bertz CT molecular complexity index is 1070. The highest BCUT2D eigenvalue weighted by molar-refractivity contribution is 7.89. The lowest BCUT2D eigenvalue weighted by molar-refractivity contribution is 0.384. The number of aryl methyl sites for hydroxylation is 1. The number of para-hydroxylation sites is 1. The monoisotopic (exact) mass is 396 g/mol. The average Bonchev–Trinajstić information content (AvgIpc) is 3.22. The van der Waals surface area contributed by atoms with Gasteiger partial charge in [0.1, 0.15) is 4.90 Å². The van der Waals surface area contributed by atoms with Crippen LogP contribution >= 0.6 is 0 Å². The van der Waals surface area contributed by atoms with E-state index in [1.807, 2.05) is 30.3 Å². The second-order valence-corrected chi connectivity index (χ2v) is 9.00. The SMILES string of the molecule is Cc1cccc(N2CCN(S(=O)(=O)c3cnn(-c4ccccc4)c3)CC2)c1C. The Hall–Kier alpha value is -2.64. The van der Waals surface area contributed by atoms with Gasteiger partial charge in [0, 0.05) is 31.9 Å². The maximum atomic E-state index is 13.1. The molecule has 0 spiro atoms. The van der Waals surface area contributed by atoms with Crippen LogP contribution in [0.2, 0.25) is 0 Å². The molecule has 7 heteroatoms. The summed E-state index contributed by atoms with van der Waals surface area (Å²) in [5.74, 6) is 0. The second-order valence-electron chi connectivity index (χ2n) is 7.07. The molecule has 0 unspecified atom stereocenters. The van der Waals surface area contributed by atoms with Gasteiger partial charge in [-0.05, 0) is 43.2 Å². The molecule has 28 heavy (non-hydrogen) atoms. The Kier molecular flexibility index (Phi) is 4.95. The van der Waals surface area contributed by atoms with Crippen LogP contribution in [0.5, 0.6) is 0 Å². The number of sulfonamides is 1. The highest BCUT2D eigenvalue weighted by Gasteiger charge is 2.30. The molecule has 1 aliphatic rings. The smallest absolute Gasteiger partial charge is 0.246 e. The maximum absolute atomic E-state index is 13.1. The first-order chi connectivity index (χ1) is 13.5. The number of anilines is 1. The van der Waals surface area contributed by atoms with Crippen molar-refractivity contribution in [3.8, 4) is 5.69 Å². The zero-order valence-corrected chi connectivity index (χ0v) is 16.9. The number of nitrogens with zero attached hydrogens (tertiary/aromatic N) is 4. The van der Waals surface area contributed by atoms with Gasteiger partial charge < -0.3 is 4.90 Å². The van der Waals surface area contributed by atoms with E-state index in [1.54, 1.807) is 15.2 Å². The average molecular weight is 397 g/mol. The molecule has 0 atom stereocenters. The van der Waals surface area contributed by atoms with Crippen LogP contribution in [0.1, 0.15) is 11.1 Å². The van der Waals surface area contributed by atoms with Crippen LogP contribution in [0.15, 0.2) is 65.8 Å². The summed E-state index contributed by atoms with van der Waals surface area (Å²) in [5.41, 5.74) is 4.53. The van der Waals surface area contributed by atoms with E-state index in [-0.39, 0.29) is 4.90 Å². The van der Waals surface area contributed by atoms with Gasteiger partial charge in [-0.1, -0.05) is 30.3 Å². The zero-order valence-electron chi connectivity index (χ0n) is 16.1. The number of rotatable bonds is 4. The van der Waals surface area contributed by atoms with E-state index in [4.69, 9.17) is 0 Å². The third-order valence-electron chi connectivity index (χ3n) is 5.37. The summed E-state index contributed by atoms with van der Waals surface area (Å²) in [6, 6.07) is 15.8.